The van der Waals surface area contributed by atoms with Gasteiger partial charge in [0.2, 0.25) is 0 Å². The van der Waals surface area contributed by atoms with Gasteiger partial charge in [-0.15, -0.1) is 0 Å². The number of likely N-dealkylation sites (N-methyl/N-ethyl adjacent to an activating group) is 1. The Hall–Kier alpha value is -0.280. The predicted octanol–water partition coefficient (Wildman–Crippen LogP) is 3.97. The molecule has 0 aliphatic heterocycles. The van der Waals surface area contributed by atoms with E-state index in [4.69, 9.17) is 28.9 Å². The lowest BCUT2D eigenvalue weighted by atomic mass is 10.0. The van der Waals surface area contributed by atoms with E-state index in [-0.39, 0.29) is 6.04 Å². The molecule has 2 nitrogen and oxygen atoms in total. The molecule has 18 heavy (non-hydrogen) atoms. The molecular formula is C14H22Cl2N2. The molecule has 1 atom stereocenters. The first-order valence-corrected chi connectivity index (χ1v) is 7.06. The summed E-state index contributed by atoms with van der Waals surface area (Å²) in [5.41, 5.74) is 6.97. The van der Waals surface area contributed by atoms with Crippen LogP contribution in [0.15, 0.2) is 18.2 Å². The summed E-state index contributed by atoms with van der Waals surface area (Å²) in [4.78, 5) is 2.27. The Balaban J connectivity index is 2.81. The van der Waals surface area contributed by atoms with Gasteiger partial charge in [-0.05, 0) is 49.7 Å². The monoisotopic (exact) mass is 288 g/mol. The number of halogens is 2. The summed E-state index contributed by atoms with van der Waals surface area (Å²) in [5.74, 6) is 0.689. The van der Waals surface area contributed by atoms with Crippen molar-refractivity contribution in [3.8, 4) is 0 Å². The molecule has 0 bridgehead atoms. The molecule has 0 saturated carbocycles. The minimum atomic E-state index is 0.167. The fraction of sp³-hybridized carbons (Fsp3) is 0.571. The molecule has 0 aliphatic rings. The van der Waals surface area contributed by atoms with Crippen LogP contribution in [0.1, 0.15) is 31.9 Å². The van der Waals surface area contributed by atoms with E-state index in [0.717, 1.165) is 18.5 Å². The topological polar surface area (TPSA) is 29.3 Å². The molecule has 4 heteroatoms. The Morgan fingerprint density at radius 3 is 2.17 bits per heavy atom. The Morgan fingerprint density at radius 2 is 1.72 bits per heavy atom. The lowest BCUT2D eigenvalue weighted by molar-refractivity contribution is 0.236. The maximum atomic E-state index is 6.04. The molecular weight excluding hydrogens is 267 g/mol. The van der Waals surface area contributed by atoms with Crippen molar-refractivity contribution in [3.63, 3.8) is 0 Å². The largest absolute Gasteiger partial charge is 0.329 e. The van der Waals surface area contributed by atoms with Crippen LogP contribution in [0, 0.1) is 5.92 Å². The van der Waals surface area contributed by atoms with E-state index in [1.807, 2.05) is 12.1 Å². The van der Waals surface area contributed by atoms with Crippen LogP contribution in [0.2, 0.25) is 10.0 Å². The number of rotatable bonds is 6. The van der Waals surface area contributed by atoms with Gasteiger partial charge in [0.05, 0.1) is 0 Å². The fourth-order valence-electron chi connectivity index (χ4n) is 1.96. The SMILES string of the molecule is CC(C)CCN(C)C(CN)c1cc(Cl)cc(Cl)c1. The molecule has 0 amide bonds. The van der Waals surface area contributed by atoms with Gasteiger partial charge < -0.3 is 5.73 Å². The second-order valence-electron chi connectivity index (χ2n) is 5.12. The predicted molar refractivity (Wildman–Crippen MR) is 80.3 cm³/mol. The van der Waals surface area contributed by atoms with Crippen molar-refractivity contribution in [1.82, 2.24) is 4.90 Å². The summed E-state index contributed by atoms with van der Waals surface area (Å²) in [5, 5.41) is 1.32. The molecule has 1 aromatic rings. The van der Waals surface area contributed by atoms with E-state index in [2.05, 4.69) is 25.8 Å². The third-order valence-electron chi connectivity index (χ3n) is 3.08. The maximum Gasteiger partial charge on any atom is 0.0468 e. The Bertz CT molecular complexity index is 360. The molecule has 0 aromatic heterocycles. The van der Waals surface area contributed by atoms with E-state index < -0.39 is 0 Å². The smallest absolute Gasteiger partial charge is 0.0468 e. The van der Waals surface area contributed by atoms with Crippen molar-refractivity contribution in [2.45, 2.75) is 26.3 Å². The van der Waals surface area contributed by atoms with Gasteiger partial charge in [-0.1, -0.05) is 37.0 Å². The van der Waals surface area contributed by atoms with Crippen LogP contribution in [0.25, 0.3) is 0 Å². The number of nitrogens with two attached hydrogens (primary N) is 1. The number of benzene rings is 1. The molecule has 0 fully saturated rings. The van der Waals surface area contributed by atoms with Crippen LogP contribution in [-0.4, -0.2) is 25.0 Å². The van der Waals surface area contributed by atoms with Crippen molar-refractivity contribution in [3.05, 3.63) is 33.8 Å². The van der Waals surface area contributed by atoms with Gasteiger partial charge in [0.25, 0.3) is 0 Å². The van der Waals surface area contributed by atoms with Crippen LogP contribution in [0.3, 0.4) is 0 Å². The highest BCUT2D eigenvalue weighted by atomic mass is 35.5. The third-order valence-corrected chi connectivity index (χ3v) is 3.52. The van der Waals surface area contributed by atoms with Crippen LogP contribution in [0.5, 0.6) is 0 Å². The first-order valence-electron chi connectivity index (χ1n) is 6.30. The molecule has 0 saturated heterocycles. The molecule has 102 valence electrons. The highest BCUT2D eigenvalue weighted by molar-refractivity contribution is 6.34. The second kappa shape index (κ2) is 7.34. The molecule has 0 spiro atoms. The quantitative estimate of drug-likeness (QED) is 0.858. The lowest BCUT2D eigenvalue weighted by Gasteiger charge is -2.28. The normalized spacial score (nSPS) is 13.3. The van der Waals surface area contributed by atoms with Crippen molar-refractivity contribution in [2.75, 3.05) is 20.1 Å². The summed E-state index contributed by atoms with van der Waals surface area (Å²) in [6, 6.07) is 5.79. The highest BCUT2D eigenvalue weighted by Crippen LogP contribution is 2.26. The summed E-state index contributed by atoms with van der Waals surface area (Å²) < 4.78 is 0. The number of nitrogens with zero attached hydrogens (tertiary/aromatic N) is 1. The zero-order chi connectivity index (χ0) is 13.7. The number of hydrogen-bond acceptors (Lipinski definition) is 2. The third kappa shape index (κ3) is 4.77. The van der Waals surface area contributed by atoms with E-state index in [9.17, 15) is 0 Å². The van der Waals surface area contributed by atoms with E-state index >= 15 is 0 Å². The van der Waals surface area contributed by atoms with Gasteiger partial charge >= 0.3 is 0 Å². The first-order chi connectivity index (χ1) is 8.43. The molecule has 1 aromatic carbocycles. The zero-order valence-electron chi connectivity index (χ0n) is 11.3. The molecule has 2 N–H and O–H groups in total. The molecule has 1 rings (SSSR count). The Labute approximate surface area is 120 Å². The van der Waals surface area contributed by atoms with Gasteiger partial charge in [0, 0.05) is 22.6 Å². The first kappa shape index (κ1) is 15.8. The van der Waals surface area contributed by atoms with E-state index in [0.29, 0.717) is 22.5 Å². The van der Waals surface area contributed by atoms with Gasteiger partial charge in [-0.3, -0.25) is 4.90 Å². The van der Waals surface area contributed by atoms with Crippen LogP contribution < -0.4 is 5.73 Å². The molecule has 0 heterocycles. The van der Waals surface area contributed by atoms with Crippen LogP contribution in [-0.2, 0) is 0 Å². The fourth-order valence-corrected chi connectivity index (χ4v) is 2.50. The van der Waals surface area contributed by atoms with Gasteiger partial charge in [0.15, 0.2) is 0 Å². The van der Waals surface area contributed by atoms with Gasteiger partial charge in [0.1, 0.15) is 0 Å². The Kier molecular flexibility index (Phi) is 6.44. The summed E-state index contributed by atoms with van der Waals surface area (Å²) in [6.45, 7) is 6.03. The molecule has 1 unspecified atom stereocenters. The average molecular weight is 289 g/mol. The number of hydrogen-bond donors (Lipinski definition) is 1. The Morgan fingerprint density at radius 1 is 1.17 bits per heavy atom. The van der Waals surface area contributed by atoms with E-state index in [1.54, 1.807) is 6.07 Å². The highest BCUT2D eigenvalue weighted by Gasteiger charge is 2.16. The average Bonchev–Trinajstić information content (AvgIpc) is 2.26. The second-order valence-corrected chi connectivity index (χ2v) is 5.99. The minimum absolute atomic E-state index is 0.167. The van der Waals surface area contributed by atoms with E-state index in [1.165, 1.54) is 0 Å². The summed E-state index contributed by atoms with van der Waals surface area (Å²) in [7, 11) is 2.09. The zero-order valence-corrected chi connectivity index (χ0v) is 12.8. The van der Waals surface area contributed by atoms with Gasteiger partial charge in [-0.2, -0.15) is 0 Å². The lowest BCUT2D eigenvalue weighted by Crippen LogP contribution is -2.31. The van der Waals surface area contributed by atoms with Crippen LogP contribution >= 0.6 is 23.2 Å². The van der Waals surface area contributed by atoms with Crippen molar-refractivity contribution >= 4 is 23.2 Å². The minimum Gasteiger partial charge on any atom is -0.329 e. The maximum absolute atomic E-state index is 6.04. The summed E-state index contributed by atoms with van der Waals surface area (Å²) in [6.07, 6.45) is 1.15. The van der Waals surface area contributed by atoms with Crippen molar-refractivity contribution in [2.24, 2.45) is 11.7 Å². The van der Waals surface area contributed by atoms with Crippen molar-refractivity contribution in [1.29, 1.82) is 0 Å². The van der Waals surface area contributed by atoms with Crippen molar-refractivity contribution < 1.29 is 0 Å². The van der Waals surface area contributed by atoms with Crippen LogP contribution in [0.4, 0.5) is 0 Å². The standard InChI is InChI=1S/C14H22Cl2N2/c1-10(2)4-5-18(3)14(9-17)11-6-12(15)8-13(16)7-11/h6-8,10,14H,4-5,9,17H2,1-3H3. The molecule has 0 radical (unpaired) electrons. The molecule has 0 aliphatic carbocycles. The van der Waals surface area contributed by atoms with Gasteiger partial charge in [-0.25, -0.2) is 0 Å². The summed E-state index contributed by atoms with van der Waals surface area (Å²) >= 11 is 12.1.